The van der Waals surface area contributed by atoms with Gasteiger partial charge in [-0.3, -0.25) is 4.90 Å². The number of benzene rings is 2. The first-order chi connectivity index (χ1) is 20.4. The highest BCUT2D eigenvalue weighted by Crippen LogP contribution is 2.43. The molecule has 1 aliphatic heterocycles. The molecule has 4 heterocycles. The van der Waals surface area contributed by atoms with Gasteiger partial charge in [-0.25, -0.2) is 33.2 Å². The van der Waals surface area contributed by atoms with Crippen molar-refractivity contribution in [3.8, 4) is 23.1 Å². The van der Waals surface area contributed by atoms with Gasteiger partial charge in [0.1, 0.15) is 30.5 Å². The van der Waals surface area contributed by atoms with Crippen LogP contribution in [0.5, 0.6) is 23.1 Å². The molecule has 7 rings (SSSR count). The predicted molar refractivity (Wildman–Crippen MR) is 150 cm³/mol. The maximum Gasteiger partial charge on any atom is 0.296 e. The number of methoxy groups -OCH3 is 1. The summed E-state index contributed by atoms with van der Waals surface area (Å²) in [5.41, 5.74) is 2.69. The number of nitrogens with zero attached hydrogens (tertiary/aromatic N) is 7. The number of piperidine rings is 1. The first kappa shape index (κ1) is 26.3. The third-order valence-corrected chi connectivity index (χ3v) is 7.63. The molecule has 2 aliphatic rings. The van der Waals surface area contributed by atoms with Crippen LogP contribution < -0.4 is 19.5 Å². The summed E-state index contributed by atoms with van der Waals surface area (Å²) >= 11 is 0. The van der Waals surface area contributed by atoms with Crippen LogP contribution in [0, 0.1) is 6.92 Å². The molecule has 2 aromatic carbocycles. The number of ether oxygens (including phenoxy) is 3. The molecule has 42 heavy (non-hydrogen) atoms. The number of anilines is 2. The number of alkyl halides is 2. The summed E-state index contributed by atoms with van der Waals surface area (Å²) in [6.45, 7) is 2.16. The molecule has 1 atom stereocenters. The van der Waals surface area contributed by atoms with Gasteiger partial charge in [-0.15, -0.1) is 0 Å². The van der Waals surface area contributed by atoms with E-state index < -0.39 is 12.0 Å². The molecule has 0 radical (unpaired) electrons. The van der Waals surface area contributed by atoms with Crippen molar-refractivity contribution in [2.45, 2.75) is 44.3 Å². The lowest BCUT2D eigenvalue weighted by molar-refractivity contribution is -0.140. The Morgan fingerprint density at radius 1 is 0.976 bits per heavy atom. The molecule has 1 aliphatic carbocycles. The van der Waals surface area contributed by atoms with E-state index in [1.54, 1.807) is 22.7 Å². The summed E-state index contributed by atoms with van der Waals surface area (Å²) in [5.74, 6) is -1.10. The highest BCUT2D eigenvalue weighted by Gasteiger charge is 2.49. The number of fused-ring (bicyclic) bond motifs is 2. The Bertz CT molecular complexity index is 1780. The normalized spacial score (nSPS) is 18.7. The fourth-order valence-electron chi connectivity index (χ4n) is 5.32. The van der Waals surface area contributed by atoms with E-state index in [2.05, 4.69) is 30.4 Å². The number of halogens is 2. The fourth-order valence-corrected chi connectivity index (χ4v) is 5.32. The highest BCUT2D eigenvalue weighted by atomic mass is 19.3. The molecule has 0 amide bonds. The average molecular weight is 575 g/mol. The summed E-state index contributed by atoms with van der Waals surface area (Å²) in [6, 6.07) is 10.9. The number of rotatable bonds is 8. The van der Waals surface area contributed by atoms with Gasteiger partial charge in [0.15, 0.2) is 23.3 Å². The molecule has 0 unspecified atom stereocenters. The zero-order chi connectivity index (χ0) is 28.8. The van der Waals surface area contributed by atoms with E-state index in [1.165, 1.54) is 26.1 Å². The van der Waals surface area contributed by atoms with Crippen LogP contribution in [0.15, 0.2) is 55.4 Å². The van der Waals surface area contributed by atoms with E-state index in [1.807, 2.05) is 30.0 Å². The lowest BCUT2D eigenvalue weighted by Crippen LogP contribution is -2.54. The number of aromatic nitrogens is 6. The quantitative estimate of drug-likeness (QED) is 0.266. The minimum Gasteiger partial charge on any atom is -0.493 e. The third-order valence-electron chi connectivity index (χ3n) is 7.63. The first-order valence-corrected chi connectivity index (χ1v) is 13.7. The van der Waals surface area contributed by atoms with Crippen molar-refractivity contribution in [1.82, 2.24) is 34.4 Å². The summed E-state index contributed by atoms with van der Waals surface area (Å²) in [5, 5.41) is 7.80. The fraction of sp³-hybridized carbons (Fsp3) is 0.345. The lowest BCUT2D eigenvalue weighted by atomic mass is 10.0. The van der Waals surface area contributed by atoms with E-state index in [-0.39, 0.29) is 24.8 Å². The van der Waals surface area contributed by atoms with Crippen molar-refractivity contribution in [3.05, 3.63) is 60.9 Å². The van der Waals surface area contributed by atoms with Crippen molar-refractivity contribution < 1.29 is 23.0 Å². The van der Waals surface area contributed by atoms with E-state index in [4.69, 9.17) is 14.2 Å². The van der Waals surface area contributed by atoms with Crippen LogP contribution in [0.1, 0.15) is 24.8 Å². The van der Waals surface area contributed by atoms with Crippen molar-refractivity contribution in [2.24, 2.45) is 0 Å². The number of aryl methyl sites for hydroxylation is 1. The van der Waals surface area contributed by atoms with Gasteiger partial charge < -0.3 is 19.5 Å². The van der Waals surface area contributed by atoms with Crippen LogP contribution >= 0.6 is 0 Å². The second kappa shape index (κ2) is 10.3. The van der Waals surface area contributed by atoms with Crippen LogP contribution in [-0.4, -0.2) is 72.7 Å². The molecular formula is C29H28F2N8O3. The van der Waals surface area contributed by atoms with Gasteiger partial charge in [-0.05, 0) is 55.7 Å². The molecule has 216 valence electrons. The summed E-state index contributed by atoms with van der Waals surface area (Å²) in [6.07, 6.45) is 5.26. The Morgan fingerprint density at radius 2 is 1.83 bits per heavy atom. The number of hydrogen-bond donors (Lipinski definition) is 1. The van der Waals surface area contributed by atoms with Crippen LogP contribution in [0.4, 0.5) is 20.3 Å². The molecule has 5 aromatic rings. The Balaban J connectivity index is 1.17. The van der Waals surface area contributed by atoms with Gasteiger partial charge >= 0.3 is 0 Å². The lowest BCUT2D eigenvalue weighted by Gasteiger charge is -2.38. The maximum absolute atomic E-state index is 15.3. The molecule has 0 bridgehead atoms. The van der Waals surface area contributed by atoms with Crippen molar-refractivity contribution in [1.29, 1.82) is 0 Å². The molecular weight excluding hydrogens is 546 g/mol. The van der Waals surface area contributed by atoms with Crippen molar-refractivity contribution >= 4 is 28.1 Å². The van der Waals surface area contributed by atoms with Gasteiger partial charge in [0.25, 0.3) is 5.92 Å². The second-order valence-electron chi connectivity index (χ2n) is 10.6. The van der Waals surface area contributed by atoms with Gasteiger partial charge in [0.05, 0.1) is 24.6 Å². The Morgan fingerprint density at radius 3 is 2.62 bits per heavy atom. The predicted octanol–water partition coefficient (Wildman–Crippen LogP) is 5.17. The molecule has 3 aromatic heterocycles. The number of hydrogen-bond acceptors (Lipinski definition) is 10. The summed E-state index contributed by atoms with van der Waals surface area (Å²) < 4.78 is 49.8. The van der Waals surface area contributed by atoms with Gasteiger partial charge in [0, 0.05) is 30.8 Å². The van der Waals surface area contributed by atoms with E-state index in [0.29, 0.717) is 52.0 Å². The zero-order valence-electron chi connectivity index (χ0n) is 23.0. The topological polar surface area (TPSA) is 112 Å². The van der Waals surface area contributed by atoms with Crippen LogP contribution in [-0.2, 0) is 0 Å². The summed E-state index contributed by atoms with van der Waals surface area (Å²) in [7, 11) is 1.48. The standard InChI is InChI=1S/C29H28F2N8O3/c1-17-11-18(3-7-21(17)41-25-12-24-33-15-36-39(24)16-35-25)37-28-26-20(32-14-34-28)6-8-22(40-2)27(26)42-23-9-10-38(19-4-5-19)13-29(23,30)31/h3,6-8,11-12,14-16,19,23H,4-5,9-10,13H2,1-2H3,(H,32,34,37)/t23-/m1/s1. The van der Waals surface area contributed by atoms with Crippen LogP contribution in [0.25, 0.3) is 16.6 Å². The SMILES string of the molecule is COc1ccc2ncnc(Nc3ccc(Oc4cc5ncnn5cn4)c(C)c3)c2c1O[C@@H]1CCN(C2CC2)CC1(F)F. The Hall–Kier alpha value is -4.65. The van der Waals surface area contributed by atoms with E-state index in [0.717, 1.165) is 18.4 Å². The first-order valence-electron chi connectivity index (χ1n) is 13.7. The zero-order valence-corrected chi connectivity index (χ0v) is 23.0. The molecule has 13 heteroatoms. The van der Waals surface area contributed by atoms with Crippen LogP contribution in [0.3, 0.4) is 0 Å². The van der Waals surface area contributed by atoms with E-state index in [9.17, 15) is 0 Å². The van der Waals surface area contributed by atoms with Crippen LogP contribution in [0.2, 0.25) is 0 Å². The van der Waals surface area contributed by atoms with Gasteiger partial charge in [-0.1, -0.05) is 0 Å². The molecule has 0 spiro atoms. The molecule has 1 saturated carbocycles. The van der Waals surface area contributed by atoms with Gasteiger partial charge in [-0.2, -0.15) is 5.10 Å². The largest absolute Gasteiger partial charge is 0.493 e. The minimum absolute atomic E-state index is 0.189. The Labute approximate surface area is 239 Å². The minimum atomic E-state index is -3.02. The monoisotopic (exact) mass is 574 g/mol. The number of likely N-dealkylation sites (tertiary alicyclic amines) is 1. The van der Waals surface area contributed by atoms with E-state index >= 15 is 8.78 Å². The smallest absolute Gasteiger partial charge is 0.296 e. The Kier molecular flexibility index (Phi) is 6.45. The highest BCUT2D eigenvalue weighted by molar-refractivity contribution is 5.97. The molecule has 11 nitrogen and oxygen atoms in total. The number of nitrogens with one attached hydrogen (secondary N) is 1. The average Bonchev–Trinajstić information content (AvgIpc) is 3.73. The van der Waals surface area contributed by atoms with Crippen molar-refractivity contribution in [2.75, 3.05) is 25.5 Å². The third kappa shape index (κ3) is 5.00. The maximum atomic E-state index is 15.3. The van der Waals surface area contributed by atoms with Crippen molar-refractivity contribution in [3.63, 3.8) is 0 Å². The molecule has 1 N–H and O–H groups in total. The molecule has 2 fully saturated rings. The van der Waals surface area contributed by atoms with Gasteiger partial charge in [0.2, 0.25) is 5.88 Å². The molecule has 1 saturated heterocycles. The second-order valence-corrected chi connectivity index (χ2v) is 10.6. The summed E-state index contributed by atoms with van der Waals surface area (Å²) in [4.78, 5) is 19.1.